The molecule has 0 N–H and O–H groups in total. The lowest BCUT2D eigenvalue weighted by molar-refractivity contribution is 0.305. The fraction of sp³-hybridized carbons (Fsp3) is 1.00. The van der Waals surface area contributed by atoms with Crippen molar-refractivity contribution in [3.8, 4) is 0 Å². The summed E-state index contributed by atoms with van der Waals surface area (Å²) >= 11 is 4.49. The molecule has 1 rings (SSSR count). The lowest BCUT2D eigenvalue weighted by Crippen LogP contribution is -2.31. The molecule has 0 radical (unpaired) electrons. The van der Waals surface area contributed by atoms with E-state index in [2.05, 4.69) is 31.6 Å². The van der Waals surface area contributed by atoms with Crippen LogP contribution in [0.1, 0.15) is 19.3 Å². The molecule has 1 fully saturated rings. The maximum absolute atomic E-state index is 4.49. The molecule has 0 unspecified atom stereocenters. The Balaban J connectivity index is 2.40. The quantitative estimate of drug-likeness (QED) is 0.546. The molecule has 0 heterocycles. The van der Waals surface area contributed by atoms with Crippen LogP contribution in [0.5, 0.6) is 0 Å². The molecule has 0 aromatic heterocycles. The third kappa shape index (κ3) is 1.62. The number of hydrogen-bond acceptors (Lipinski definition) is 2. The fourth-order valence-corrected chi connectivity index (χ4v) is 2.12. The van der Waals surface area contributed by atoms with Gasteiger partial charge in [-0.3, -0.25) is 0 Å². The summed E-state index contributed by atoms with van der Waals surface area (Å²) in [4.78, 5) is 2.28. The second-order valence-corrected chi connectivity index (χ2v) is 3.69. The molecule has 1 nitrogen and oxygen atoms in total. The summed E-state index contributed by atoms with van der Waals surface area (Å²) in [6, 6.07) is 0.730. The first-order valence-electron chi connectivity index (χ1n) is 3.56. The van der Waals surface area contributed by atoms with Crippen molar-refractivity contribution in [2.24, 2.45) is 0 Å². The summed E-state index contributed by atoms with van der Waals surface area (Å²) in [5.74, 6) is 0. The van der Waals surface area contributed by atoms with E-state index in [4.69, 9.17) is 0 Å². The molecule has 0 saturated heterocycles. The van der Waals surface area contributed by atoms with Crippen LogP contribution < -0.4 is 0 Å². The van der Waals surface area contributed by atoms with Crippen LogP contribution in [0.25, 0.3) is 0 Å². The van der Waals surface area contributed by atoms with E-state index in [0.29, 0.717) is 5.25 Å². The molecule has 1 aliphatic carbocycles. The number of nitrogens with zero attached hydrogens (tertiary/aromatic N) is 1. The highest BCUT2D eigenvalue weighted by atomic mass is 32.1. The van der Waals surface area contributed by atoms with Crippen molar-refractivity contribution in [1.82, 2.24) is 4.90 Å². The Morgan fingerprint density at radius 1 is 1.33 bits per heavy atom. The Kier molecular flexibility index (Phi) is 2.42. The van der Waals surface area contributed by atoms with Gasteiger partial charge in [0.1, 0.15) is 0 Å². The average Bonchev–Trinajstić information content (AvgIpc) is 2.13. The Labute approximate surface area is 62.8 Å². The van der Waals surface area contributed by atoms with Crippen LogP contribution in [0.15, 0.2) is 0 Å². The Bertz CT molecular complexity index is 92.9. The number of rotatable bonds is 1. The molecule has 0 spiro atoms. The molecule has 54 valence electrons. The molecule has 2 atom stereocenters. The van der Waals surface area contributed by atoms with Crippen molar-refractivity contribution >= 4 is 12.6 Å². The minimum absolute atomic E-state index is 0.625. The van der Waals surface area contributed by atoms with E-state index in [1.54, 1.807) is 0 Å². The topological polar surface area (TPSA) is 3.24 Å². The minimum Gasteiger partial charge on any atom is -0.305 e. The van der Waals surface area contributed by atoms with E-state index in [1.165, 1.54) is 19.3 Å². The van der Waals surface area contributed by atoms with Crippen LogP contribution in [0.2, 0.25) is 0 Å². The monoisotopic (exact) mass is 145 g/mol. The molecule has 9 heavy (non-hydrogen) atoms. The largest absolute Gasteiger partial charge is 0.305 e. The van der Waals surface area contributed by atoms with Gasteiger partial charge in [0.05, 0.1) is 0 Å². The first-order valence-corrected chi connectivity index (χ1v) is 4.08. The van der Waals surface area contributed by atoms with Crippen molar-refractivity contribution in [2.75, 3.05) is 14.1 Å². The van der Waals surface area contributed by atoms with Gasteiger partial charge in [-0.25, -0.2) is 0 Å². The lowest BCUT2D eigenvalue weighted by Gasteiger charge is -2.22. The van der Waals surface area contributed by atoms with E-state index in [-0.39, 0.29) is 0 Å². The molecule has 0 aromatic rings. The predicted octanol–water partition coefficient (Wildman–Crippen LogP) is 1.40. The standard InChI is InChI=1S/C7H15NS/c1-8(2)6-4-3-5-7(6)9/h6-7,9H,3-5H2,1-2H3/t6-,7-/m1/s1. The van der Waals surface area contributed by atoms with E-state index >= 15 is 0 Å². The van der Waals surface area contributed by atoms with Gasteiger partial charge in [-0.1, -0.05) is 6.42 Å². The average molecular weight is 145 g/mol. The second-order valence-electron chi connectivity index (χ2n) is 3.03. The third-order valence-corrected chi connectivity index (χ3v) is 2.71. The normalized spacial score (nSPS) is 36.0. The summed E-state index contributed by atoms with van der Waals surface area (Å²) < 4.78 is 0. The van der Waals surface area contributed by atoms with Gasteiger partial charge >= 0.3 is 0 Å². The van der Waals surface area contributed by atoms with Gasteiger partial charge in [0, 0.05) is 11.3 Å². The maximum atomic E-state index is 4.49. The molecule has 0 aromatic carbocycles. The van der Waals surface area contributed by atoms with E-state index in [0.717, 1.165) is 6.04 Å². The fourth-order valence-electron chi connectivity index (χ4n) is 1.52. The van der Waals surface area contributed by atoms with Gasteiger partial charge in [-0.2, -0.15) is 12.6 Å². The van der Waals surface area contributed by atoms with Gasteiger partial charge < -0.3 is 4.90 Å². The van der Waals surface area contributed by atoms with Crippen LogP contribution >= 0.6 is 12.6 Å². The number of thiol groups is 1. The van der Waals surface area contributed by atoms with Crippen LogP contribution in [0.3, 0.4) is 0 Å². The van der Waals surface area contributed by atoms with Crippen molar-refractivity contribution in [2.45, 2.75) is 30.6 Å². The van der Waals surface area contributed by atoms with Crippen LogP contribution in [0, 0.1) is 0 Å². The first kappa shape index (κ1) is 7.42. The van der Waals surface area contributed by atoms with Gasteiger partial charge in [-0.15, -0.1) is 0 Å². The Morgan fingerprint density at radius 3 is 2.22 bits per heavy atom. The maximum Gasteiger partial charge on any atom is 0.0206 e. The molecular weight excluding hydrogens is 130 g/mol. The lowest BCUT2D eigenvalue weighted by atomic mass is 10.2. The zero-order valence-electron chi connectivity index (χ0n) is 6.17. The van der Waals surface area contributed by atoms with Crippen LogP contribution in [0.4, 0.5) is 0 Å². The summed E-state index contributed by atoms with van der Waals surface area (Å²) in [7, 11) is 4.28. The van der Waals surface area contributed by atoms with Crippen molar-refractivity contribution in [1.29, 1.82) is 0 Å². The van der Waals surface area contributed by atoms with E-state index in [1.807, 2.05) is 0 Å². The molecule has 0 amide bonds. The van der Waals surface area contributed by atoms with Crippen molar-refractivity contribution in [3.63, 3.8) is 0 Å². The Morgan fingerprint density at radius 2 is 2.00 bits per heavy atom. The predicted molar refractivity (Wildman–Crippen MR) is 44.1 cm³/mol. The van der Waals surface area contributed by atoms with Crippen LogP contribution in [-0.2, 0) is 0 Å². The number of hydrogen-bond donors (Lipinski definition) is 1. The molecule has 0 aliphatic heterocycles. The minimum atomic E-state index is 0.625. The summed E-state index contributed by atoms with van der Waals surface area (Å²) in [5.41, 5.74) is 0. The van der Waals surface area contributed by atoms with Gasteiger partial charge in [0.2, 0.25) is 0 Å². The highest BCUT2D eigenvalue weighted by Gasteiger charge is 2.25. The summed E-state index contributed by atoms with van der Waals surface area (Å²) in [6.07, 6.45) is 3.99. The molecule has 2 heteroatoms. The Hall–Kier alpha value is 0.310. The smallest absolute Gasteiger partial charge is 0.0206 e. The van der Waals surface area contributed by atoms with Gasteiger partial charge in [0.25, 0.3) is 0 Å². The van der Waals surface area contributed by atoms with Crippen molar-refractivity contribution in [3.05, 3.63) is 0 Å². The molecule has 1 saturated carbocycles. The second kappa shape index (κ2) is 2.93. The molecule has 1 aliphatic rings. The van der Waals surface area contributed by atoms with E-state index in [9.17, 15) is 0 Å². The summed E-state index contributed by atoms with van der Waals surface area (Å²) in [6.45, 7) is 0. The van der Waals surface area contributed by atoms with Crippen LogP contribution in [-0.4, -0.2) is 30.3 Å². The zero-order chi connectivity index (χ0) is 6.85. The highest BCUT2D eigenvalue weighted by Crippen LogP contribution is 2.26. The van der Waals surface area contributed by atoms with Gasteiger partial charge in [0.15, 0.2) is 0 Å². The van der Waals surface area contributed by atoms with Gasteiger partial charge in [-0.05, 0) is 26.9 Å². The summed E-state index contributed by atoms with van der Waals surface area (Å²) in [5, 5.41) is 0.625. The third-order valence-electron chi connectivity index (χ3n) is 2.11. The van der Waals surface area contributed by atoms with Crippen molar-refractivity contribution < 1.29 is 0 Å². The molecular formula is C7H15NS. The SMILES string of the molecule is CN(C)[C@@H]1CCC[C@H]1S. The first-order chi connectivity index (χ1) is 4.22. The zero-order valence-corrected chi connectivity index (χ0v) is 7.06. The highest BCUT2D eigenvalue weighted by molar-refractivity contribution is 7.81. The molecule has 0 bridgehead atoms. The van der Waals surface area contributed by atoms with E-state index < -0.39 is 0 Å².